The van der Waals surface area contributed by atoms with Crippen LogP contribution < -0.4 is 4.74 Å². The summed E-state index contributed by atoms with van der Waals surface area (Å²) in [6.45, 7) is 5.80. The van der Waals surface area contributed by atoms with E-state index < -0.39 is 11.7 Å². The third-order valence-corrected chi connectivity index (χ3v) is 7.21. The Labute approximate surface area is 176 Å². The van der Waals surface area contributed by atoms with Gasteiger partial charge in [-0.1, -0.05) is 6.07 Å². The van der Waals surface area contributed by atoms with Gasteiger partial charge in [-0.05, 0) is 49.4 Å². The molecule has 2 heterocycles. The minimum Gasteiger partial charge on any atom is -0.497 e. The highest BCUT2D eigenvalue weighted by atomic mass is 19.4. The fraction of sp³-hybridized carbons (Fsp3) is 0.727. The zero-order chi connectivity index (χ0) is 21.5. The molecule has 0 aromatic heterocycles. The summed E-state index contributed by atoms with van der Waals surface area (Å²) in [5, 5.41) is 10.8. The van der Waals surface area contributed by atoms with Crippen LogP contribution >= 0.6 is 0 Å². The van der Waals surface area contributed by atoms with Gasteiger partial charge >= 0.3 is 6.18 Å². The molecule has 8 heteroatoms. The van der Waals surface area contributed by atoms with Gasteiger partial charge in [0, 0.05) is 51.9 Å². The maximum Gasteiger partial charge on any atom is 0.416 e. The second-order valence-corrected chi connectivity index (χ2v) is 9.18. The van der Waals surface area contributed by atoms with Gasteiger partial charge in [-0.15, -0.1) is 0 Å². The first kappa shape index (κ1) is 21.9. The number of piperazine rings is 1. The molecule has 0 amide bonds. The third kappa shape index (κ3) is 4.61. The van der Waals surface area contributed by atoms with Gasteiger partial charge in [-0.25, -0.2) is 0 Å². The molecule has 1 N–H and O–H groups in total. The van der Waals surface area contributed by atoms with E-state index in [0.29, 0.717) is 11.8 Å². The van der Waals surface area contributed by atoms with Crippen molar-refractivity contribution >= 4 is 0 Å². The van der Waals surface area contributed by atoms with E-state index in [4.69, 9.17) is 4.74 Å². The molecular weight excluding hydrogens is 395 g/mol. The van der Waals surface area contributed by atoms with E-state index in [9.17, 15) is 18.3 Å². The zero-order valence-electron chi connectivity index (χ0n) is 17.7. The van der Waals surface area contributed by atoms with Gasteiger partial charge in [-0.2, -0.15) is 13.2 Å². The van der Waals surface area contributed by atoms with Gasteiger partial charge in [-0.3, -0.25) is 9.80 Å². The van der Waals surface area contributed by atoms with Crippen LogP contribution in [0.2, 0.25) is 0 Å². The van der Waals surface area contributed by atoms with Crippen molar-refractivity contribution in [2.24, 2.45) is 11.8 Å². The molecule has 30 heavy (non-hydrogen) atoms. The zero-order valence-corrected chi connectivity index (χ0v) is 17.7. The summed E-state index contributed by atoms with van der Waals surface area (Å²) in [6, 6.07) is 4.39. The Balaban J connectivity index is 1.42. The Morgan fingerprint density at radius 1 is 1.07 bits per heavy atom. The number of methoxy groups -OCH3 is 1. The lowest BCUT2D eigenvalue weighted by molar-refractivity contribution is -0.138. The minimum absolute atomic E-state index is 0.173. The smallest absolute Gasteiger partial charge is 0.416 e. The topological polar surface area (TPSA) is 39.2 Å². The number of likely N-dealkylation sites (N-methyl/N-ethyl adjacent to an activating group) is 1. The summed E-state index contributed by atoms with van der Waals surface area (Å²) in [6.07, 6.45) is -3.08. The van der Waals surface area contributed by atoms with E-state index in [-0.39, 0.29) is 30.0 Å². The van der Waals surface area contributed by atoms with Crippen LogP contribution in [0, 0.1) is 11.8 Å². The average Bonchev–Trinajstić information content (AvgIpc) is 3.08. The Hall–Kier alpha value is -1.35. The van der Waals surface area contributed by atoms with E-state index in [1.54, 1.807) is 6.07 Å². The lowest BCUT2D eigenvalue weighted by atomic mass is 9.77. The van der Waals surface area contributed by atoms with Crippen LogP contribution in [-0.4, -0.2) is 85.4 Å². The van der Waals surface area contributed by atoms with Crippen molar-refractivity contribution < 1.29 is 23.0 Å². The van der Waals surface area contributed by atoms with Crippen LogP contribution in [0.5, 0.6) is 5.75 Å². The summed E-state index contributed by atoms with van der Waals surface area (Å²) < 4.78 is 45.7. The average molecular weight is 428 g/mol. The highest BCUT2D eigenvalue weighted by Gasteiger charge is 2.44. The Bertz CT molecular complexity index is 737. The number of aliphatic hydroxyl groups is 1. The molecule has 0 bridgehead atoms. The standard InChI is InChI=1S/C22H32F3N3O2/c1-26-5-7-28(8-6-26)20-9-16-13-27(14-17(16)10-21(20)29)12-15-3-4-18(30-2)11-19(15)22(23,24)25/h3-4,11,16-17,20-21,29H,5-10,12-14H2,1-2H3/t16-,17+,20-,21-/m1/s1. The lowest BCUT2D eigenvalue weighted by Gasteiger charge is -2.44. The first-order valence-corrected chi connectivity index (χ1v) is 10.8. The number of halogens is 3. The van der Waals surface area contributed by atoms with E-state index in [2.05, 4.69) is 21.7 Å². The predicted molar refractivity (Wildman–Crippen MR) is 108 cm³/mol. The van der Waals surface area contributed by atoms with Gasteiger partial charge in [0.05, 0.1) is 18.8 Å². The van der Waals surface area contributed by atoms with E-state index in [1.165, 1.54) is 13.2 Å². The molecule has 1 aromatic carbocycles. The molecule has 3 aliphatic rings. The van der Waals surface area contributed by atoms with Crippen molar-refractivity contribution in [3.8, 4) is 5.75 Å². The first-order valence-electron chi connectivity index (χ1n) is 10.8. The molecule has 2 aliphatic heterocycles. The second-order valence-electron chi connectivity index (χ2n) is 9.18. The van der Waals surface area contributed by atoms with Crippen molar-refractivity contribution in [1.82, 2.24) is 14.7 Å². The minimum atomic E-state index is -4.40. The highest BCUT2D eigenvalue weighted by Crippen LogP contribution is 2.40. The van der Waals surface area contributed by atoms with Crippen LogP contribution in [0.25, 0.3) is 0 Å². The number of benzene rings is 1. The van der Waals surface area contributed by atoms with Crippen LogP contribution in [0.4, 0.5) is 13.2 Å². The molecule has 5 nitrogen and oxygen atoms in total. The number of ether oxygens (including phenoxy) is 1. The highest BCUT2D eigenvalue weighted by molar-refractivity contribution is 5.37. The predicted octanol–water partition coefficient (Wildman–Crippen LogP) is 2.53. The molecule has 2 saturated heterocycles. The molecule has 4 rings (SSSR count). The fourth-order valence-electron chi connectivity index (χ4n) is 5.50. The summed E-state index contributed by atoms with van der Waals surface area (Å²) in [5.74, 6) is 1.02. The molecule has 1 saturated carbocycles. The van der Waals surface area contributed by atoms with Crippen LogP contribution in [0.1, 0.15) is 24.0 Å². The van der Waals surface area contributed by atoms with Gasteiger partial charge in [0.1, 0.15) is 5.75 Å². The monoisotopic (exact) mass is 427 g/mol. The number of hydrogen-bond donors (Lipinski definition) is 1. The number of alkyl halides is 3. The number of aliphatic hydroxyl groups excluding tert-OH is 1. The number of fused-ring (bicyclic) bond motifs is 1. The summed E-state index contributed by atoms with van der Waals surface area (Å²) in [4.78, 5) is 6.85. The van der Waals surface area contributed by atoms with E-state index >= 15 is 0 Å². The molecular formula is C22H32F3N3O2. The maximum atomic E-state index is 13.6. The molecule has 0 spiro atoms. The van der Waals surface area contributed by atoms with Crippen molar-refractivity contribution in [3.63, 3.8) is 0 Å². The van der Waals surface area contributed by atoms with Gasteiger partial charge in [0.15, 0.2) is 0 Å². The molecule has 1 aromatic rings. The van der Waals surface area contributed by atoms with Crippen LogP contribution in [-0.2, 0) is 12.7 Å². The second kappa shape index (κ2) is 8.65. The number of nitrogens with zero attached hydrogens (tertiary/aromatic N) is 3. The molecule has 1 aliphatic carbocycles. The molecule has 3 fully saturated rings. The first-order chi connectivity index (χ1) is 14.2. The van der Waals surface area contributed by atoms with Gasteiger partial charge < -0.3 is 14.7 Å². The number of rotatable bonds is 4. The van der Waals surface area contributed by atoms with Crippen LogP contribution in [0.15, 0.2) is 18.2 Å². The molecule has 0 unspecified atom stereocenters. The normalized spacial score (nSPS) is 31.7. The summed E-state index contributed by atoms with van der Waals surface area (Å²) in [5.41, 5.74) is -0.329. The number of likely N-dealkylation sites (tertiary alicyclic amines) is 1. The molecule has 168 valence electrons. The summed E-state index contributed by atoms with van der Waals surface area (Å²) in [7, 11) is 3.50. The maximum absolute atomic E-state index is 13.6. The van der Waals surface area contributed by atoms with E-state index in [0.717, 1.165) is 58.2 Å². The Morgan fingerprint density at radius 2 is 1.73 bits per heavy atom. The van der Waals surface area contributed by atoms with Crippen molar-refractivity contribution in [2.45, 2.75) is 37.7 Å². The molecule has 4 atom stereocenters. The summed E-state index contributed by atoms with van der Waals surface area (Å²) >= 11 is 0. The quantitative estimate of drug-likeness (QED) is 0.800. The molecule has 0 radical (unpaired) electrons. The van der Waals surface area contributed by atoms with Crippen molar-refractivity contribution in [2.75, 3.05) is 53.4 Å². The SMILES string of the molecule is COc1ccc(CN2C[C@H]3C[C@@H](N4CCN(C)CC4)[C@H](O)C[C@H]3C2)c(C(F)(F)F)c1. The Kier molecular flexibility index (Phi) is 6.30. The van der Waals surface area contributed by atoms with E-state index in [1.807, 2.05) is 0 Å². The third-order valence-electron chi connectivity index (χ3n) is 7.21. The van der Waals surface area contributed by atoms with Gasteiger partial charge in [0.25, 0.3) is 0 Å². The van der Waals surface area contributed by atoms with Crippen LogP contribution in [0.3, 0.4) is 0 Å². The fourth-order valence-corrected chi connectivity index (χ4v) is 5.50. The van der Waals surface area contributed by atoms with Gasteiger partial charge in [0.2, 0.25) is 0 Å². The largest absolute Gasteiger partial charge is 0.497 e. The lowest BCUT2D eigenvalue weighted by Crippen LogP contribution is -2.55. The number of hydrogen-bond acceptors (Lipinski definition) is 5. The van der Waals surface area contributed by atoms with Crippen molar-refractivity contribution in [1.29, 1.82) is 0 Å². The van der Waals surface area contributed by atoms with Crippen molar-refractivity contribution in [3.05, 3.63) is 29.3 Å². The Morgan fingerprint density at radius 3 is 2.37 bits per heavy atom.